The number of hydrogen-bond donors (Lipinski definition) is 4. The van der Waals surface area contributed by atoms with Gasteiger partial charge in [0.2, 0.25) is 0 Å². The first-order chi connectivity index (χ1) is 8.64. The van der Waals surface area contributed by atoms with Gasteiger partial charge in [-0.15, -0.1) is 0 Å². The first-order valence-electron chi connectivity index (χ1n) is 5.85. The highest BCUT2D eigenvalue weighted by molar-refractivity contribution is 5.76. The molecule has 0 bridgehead atoms. The van der Waals surface area contributed by atoms with Gasteiger partial charge in [-0.1, -0.05) is 6.07 Å². The van der Waals surface area contributed by atoms with Gasteiger partial charge in [-0.2, -0.15) is 0 Å². The normalized spacial score (nSPS) is 19.5. The van der Waals surface area contributed by atoms with Crippen LogP contribution in [-0.4, -0.2) is 33.9 Å². The van der Waals surface area contributed by atoms with E-state index in [9.17, 15) is 15.0 Å². The van der Waals surface area contributed by atoms with Crippen molar-refractivity contribution in [2.45, 2.75) is 19.0 Å². The summed E-state index contributed by atoms with van der Waals surface area (Å²) in [5.74, 6) is -2.36. The molecular formula is C11H15NO5. The lowest BCUT2D eigenvalue weighted by Crippen LogP contribution is -2.38. The van der Waals surface area contributed by atoms with Crippen LogP contribution in [0.1, 0.15) is 21.3 Å². The number of aromatic hydroxyl groups is 2. The van der Waals surface area contributed by atoms with E-state index in [4.69, 9.17) is 13.6 Å². The lowest BCUT2D eigenvalue weighted by atomic mass is 10.0. The molecule has 0 unspecified atom stereocenters. The maximum atomic E-state index is 11.5. The summed E-state index contributed by atoms with van der Waals surface area (Å²) in [6, 6.07) is 0.132. The van der Waals surface area contributed by atoms with E-state index in [1.54, 1.807) is 0 Å². The van der Waals surface area contributed by atoms with E-state index in [2.05, 4.69) is 4.74 Å². The Morgan fingerprint density at radius 1 is 1.53 bits per heavy atom. The van der Waals surface area contributed by atoms with Crippen LogP contribution < -0.4 is 5.73 Å². The molecule has 6 nitrogen and oxygen atoms in total. The van der Waals surface area contributed by atoms with Crippen molar-refractivity contribution in [1.82, 2.24) is 0 Å². The standard InChI is InChI=1S/C11H15NO5/c1-2-17-11(16)9(12)10(15)6-3-4-7(13)8(14)5-6/h3-5,9-10,13-15H,2,12H2,1H3/t9-,10-/m0/s1/i9D,10D. The summed E-state index contributed by atoms with van der Waals surface area (Å²) in [4.78, 5) is 11.5. The first-order valence-corrected chi connectivity index (χ1v) is 4.85. The van der Waals surface area contributed by atoms with Gasteiger partial charge in [0.25, 0.3) is 0 Å². The first kappa shape index (κ1) is 10.4. The zero-order chi connectivity index (χ0) is 14.8. The summed E-state index contributed by atoms with van der Waals surface area (Å²) in [6.07, 6.45) is -2.86. The molecular weight excluding hydrogens is 226 g/mol. The summed E-state index contributed by atoms with van der Waals surface area (Å²) in [5.41, 5.74) is 5.03. The Labute approximate surface area is 101 Å². The lowest BCUT2D eigenvalue weighted by Gasteiger charge is -2.17. The Morgan fingerprint density at radius 2 is 2.18 bits per heavy atom. The molecule has 94 valence electrons. The lowest BCUT2D eigenvalue weighted by molar-refractivity contribution is -0.147. The van der Waals surface area contributed by atoms with Gasteiger partial charge in [0.15, 0.2) is 11.5 Å². The van der Waals surface area contributed by atoms with Gasteiger partial charge in [0.05, 0.1) is 9.35 Å². The summed E-state index contributed by atoms with van der Waals surface area (Å²) < 4.78 is 19.8. The highest BCUT2D eigenvalue weighted by Crippen LogP contribution is 2.28. The number of benzene rings is 1. The molecule has 17 heavy (non-hydrogen) atoms. The molecule has 6 heteroatoms. The van der Waals surface area contributed by atoms with Crippen LogP contribution in [0.2, 0.25) is 0 Å². The van der Waals surface area contributed by atoms with Crippen LogP contribution in [-0.2, 0) is 9.53 Å². The average Bonchev–Trinajstić information content (AvgIpc) is 2.32. The van der Waals surface area contributed by atoms with Gasteiger partial charge >= 0.3 is 5.97 Å². The number of rotatable bonds is 4. The third kappa shape index (κ3) is 3.08. The second-order valence-corrected chi connectivity index (χ2v) is 3.19. The number of phenols is 2. The Morgan fingerprint density at radius 3 is 2.71 bits per heavy atom. The Hall–Kier alpha value is -1.79. The Bertz CT molecular complexity index is 490. The van der Waals surface area contributed by atoms with Crippen LogP contribution in [0.5, 0.6) is 11.5 Å². The number of hydrogen-bond acceptors (Lipinski definition) is 6. The molecule has 5 N–H and O–H groups in total. The quantitative estimate of drug-likeness (QED) is 0.438. The minimum absolute atomic E-state index is 0.0619. The zero-order valence-corrected chi connectivity index (χ0v) is 9.17. The maximum Gasteiger partial charge on any atom is 0.325 e. The molecule has 1 aromatic carbocycles. The van der Waals surface area contributed by atoms with E-state index in [0.29, 0.717) is 0 Å². The summed E-state index contributed by atoms with van der Waals surface area (Å²) in [6.45, 7) is 1.43. The number of esters is 1. The Kier molecular flexibility index (Phi) is 3.36. The smallest absolute Gasteiger partial charge is 0.325 e. The third-order valence-electron chi connectivity index (χ3n) is 2.00. The molecule has 2 atom stereocenters. The molecule has 0 aromatic heterocycles. The van der Waals surface area contributed by atoms with Crippen LogP contribution in [0, 0.1) is 0 Å². The fraction of sp³-hybridized carbons (Fsp3) is 0.364. The predicted molar refractivity (Wildman–Crippen MR) is 59.3 cm³/mol. The van der Waals surface area contributed by atoms with Crippen molar-refractivity contribution in [3.05, 3.63) is 23.8 Å². The zero-order valence-electron chi connectivity index (χ0n) is 11.2. The van der Waals surface area contributed by atoms with E-state index < -0.39 is 29.6 Å². The number of phenolic OH excluding ortho intramolecular Hbond substituents is 2. The van der Waals surface area contributed by atoms with Crippen molar-refractivity contribution < 1.29 is 27.6 Å². The molecule has 0 aliphatic carbocycles. The molecule has 0 saturated heterocycles. The third-order valence-corrected chi connectivity index (χ3v) is 2.00. The number of aliphatic hydroxyl groups is 1. The molecule has 1 aromatic rings. The van der Waals surface area contributed by atoms with Crippen LogP contribution in [0.3, 0.4) is 0 Å². The molecule has 0 amide bonds. The predicted octanol–water partition coefficient (Wildman–Crippen LogP) is 0.0216. The molecule has 0 aliphatic heterocycles. The summed E-state index contributed by atoms with van der Waals surface area (Å²) >= 11 is 0. The van der Waals surface area contributed by atoms with E-state index in [1.807, 2.05) is 0 Å². The topological polar surface area (TPSA) is 113 Å². The van der Waals surface area contributed by atoms with E-state index in [1.165, 1.54) is 6.92 Å². The molecule has 0 spiro atoms. The largest absolute Gasteiger partial charge is 0.504 e. The van der Waals surface area contributed by atoms with Gasteiger partial charge < -0.3 is 25.8 Å². The summed E-state index contributed by atoms with van der Waals surface area (Å²) in [5, 5.41) is 28.4. The molecule has 1 rings (SSSR count). The van der Waals surface area contributed by atoms with Crippen LogP contribution >= 0.6 is 0 Å². The second kappa shape index (κ2) is 5.51. The average molecular weight is 243 g/mol. The van der Waals surface area contributed by atoms with E-state index in [0.717, 1.165) is 18.2 Å². The van der Waals surface area contributed by atoms with Gasteiger partial charge in [-0.25, -0.2) is 0 Å². The van der Waals surface area contributed by atoms with Gasteiger partial charge in [0, 0.05) is 0 Å². The van der Waals surface area contributed by atoms with Crippen molar-refractivity contribution in [3.63, 3.8) is 0 Å². The molecule has 0 fully saturated rings. The van der Waals surface area contributed by atoms with Crippen molar-refractivity contribution in [2.24, 2.45) is 5.73 Å². The van der Waals surface area contributed by atoms with Crippen LogP contribution in [0.15, 0.2) is 18.2 Å². The number of ether oxygens (including phenoxy) is 1. The Balaban J connectivity index is 3.21. The monoisotopic (exact) mass is 243 g/mol. The second-order valence-electron chi connectivity index (χ2n) is 3.19. The van der Waals surface area contributed by atoms with Gasteiger partial charge in [-0.3, -0.25) is 4.79 Å². The minimum atomic E-state index is -2.86. The van der Waals surface area contributed by atoms with Crippen molar-refractivity contribution >= 4 is 5.97 Å². The number of carbonyl (C=O) groups is 1. The highest BCUT2D eigenvalue weighted by atomic mass is 16.5. The molecule has 0 heterocycles. The van der Waals surface area contributed by atoms with Crippen LogP contribution in [0.25, 0.3) is 0 Å². The molecule has 0 radical (unpaired) electrons. The van der Waals surface area contributed by atoms with Gasteiger partial charge in [-0.05, 0) is 24.6 Å². The highest BCUT2D eigenvalue weighted by Gasteiger charge is 2.25. The fourth-order valence-corrected chi connectivity index (χ4v) is 1.13. The fourth-order valence-electron chi connectivity index (χ4n) is 1.13. The SMILES string of the molecule is [2H][C@](O)(c1ccc(O)c(O)c1)[C@]([2H])(N)C(=O)OCC. The number of nitrogens with two attached hydrogens (primary N) is 1. The van der Waals surface area contributed by atoms with Crippen LogP contribution in [0.4, 0.5) is 0 Å². The summed E-state index contributed by atoms with van der Waals surface area (Å²) in [7, 11) is 0. The van der Waals surface area contributed by atoms with Crippen molar-refractivity contribution in [3.8, 4) is 11.5 Å². The van der Waals surface area contributed by atoms with Crippen molar-refractivity contribution in [2.75, 3.05) is 6.61 Å². The molecule has 0 aliphatic rings. The van der Waals surface area contributed by atoms with Crippen molar-refractivity contribution in [1.29, 1.82) is 0 Å². The minimum Gasteiger partial charge on any atom is -0.504 e. The van der Waals surface area contributed by atoms with E-state index in [-0.39, 0.29) is 12.2 Å². The molecule has 0 saturated carbocycles. The van der Waals surface area contributed by atoms with E-state index >= 15 is 0 Å². The maximum absolute atomic E-state index is 11.5. The van der Waals surface area contributed by atoms with Gasteiger partial charge in [0.1, 0.15) is 12.1 Å². The number of carbonyl (C=O) groups excluding carboxylic acids is 1.